The smallest absolute Gasteiger partial charge is 0.232 e. The van der Waals surface area contributed by atoms with Crippen LogP contribution in [-0.2, 0) is 10.3 Å². The van der Waals surface area contributed by atoms with E-state index in [0.29, 0.717) is 23.8 Å². The zero-order valence-electron chi connectivity index (χ0n) is 19.9. The van der Waals surface area contributed by atoms with Crippen LogP contribution in [0.2, 0.25) is 0 Å². The van der Waals surface area contributed by atoms with E-state index in [1.807, 2.05) is 0 Å². The fourth-order valence-electron chi connectivity index (χ4n) is 8.22. The van der Waals surface area contributed by atoms with Crippen LogP contribution in [0.25, 0.3) is 0 Å². The molecule has 5 heteroatoms. The van der Waals surface area contributed by atoms with Crippen molar-refractivity contribution in [2.45, 2.75) is 139 Å². The second kappa shape index (κ2) is 8.76. The summed E-state index contributed by atoms with van der Waals surface area (Å²) in [4.78, 5) is 21.6. The molecule has 176 valence electrons. The lowest BCUT2D eigenvalue weighted by molar-refractivity contribution is -0.125. The second-order valence-electron chi connectivity index (χ2n) is 11.7. The summed E-state index contributed by atoms with van der Waals surface area (Å²) in [5, 5.41) is 5.33. The summed E-state index contributed by atoms with van der Waals surface area (Å²) in [7, 11) is 0. The highest BCUT2D eigenvalue weighted by Crippen LogP contribution is 2.53. The van der Waals surface area contributed by atoms with Crippen molar-refractivity contribution in [3.8, 4) is 0 Å². The highest BCUT2D eigenvalue weighted by atomic mass is 16.2. The molecule has 1 amide bonds. The number of amides is 1. The van der Waals surface area contributed by atoms with Crippen molar-refractivity contribution in [1.82, 2.24) is 14.8 Å². The van der Waals surface area contributed by atoms with Gasteiger partial charge in [0, 0.05) is 23.8 Å². The molecule has 2 heterocycles. The molecule has 0 aromatic carbocycles. The summed E-state index contributed by atoms with van der Waals surface area (Å²) < 4.78 is 2.36. The van der Waals surface area contributed by atoms with Crippen LogP contribution in [0.15, 0.2) is 0 Å². The lowest BCUT2D eigenvalue weighted by atomic mass is 9.64. The first kappa shape index (κ1) is 21.2. The van der Waals surface area contributed by atoms with Gasteiger partial charge in [-0.05, 0) is 51.4 Å². The molecule has 32 heavy (non-hydrogen) atoms. The average Bonchev–Trinajstić information content (AvgIpc) is 3.32. The van der Waals surface area contributed by atoms with Crippen molar-refractivity contribution in [2.75, 3.05) is 4.90 Å². The predicted octanol–water partition coefficient (Wildman–Crippen LogP) is 6.47. The van der Waals surface area contributed by atoms with Gasteiger partial charge < -0.3 is 0 Å². The number of rotatable bonds is 2. The Balaban J connectivity index is 1.45. The highest BCUT2D eigenvalue weighted by Gasteiger charge is 2.55. The predicted molar refractivity (Wildman–Crippen MR) is 127 cm³/mol. The van der Waals surface area contributed by atoms with Gasteiger partial charge in [-0.3, -0.25) is 9.69 Å². The molecule has 1 spiro atoms. The Bertz CT molecular complexity index is 814. The van der Waals surface area contributed by atoms with Gasteiger partial charge in [0.25, 0.3) is 0 Å². The zero-order valence-corrected chi connectivity index (χ0v) is 19.9. The van der Waals surface area contributed by atoms with E-state index in [4.69, 9.17) is 10.1 Å². The van der Waals surface area contributed by atoms with Gasteiger partial charge in [-0.1, -0.05) is 70.6 Å². The number of nitrogens with zero attached hydrogens (tertiary/aromatic N) is 4. The van der Waals surface area contributed by atoms with Gasteiger partial charge >= 0.3 is 0 Å². The fraction of sp³-hybridized carbons (Fsp3) is 0.889. The molecule has 5 nitrogen and oxygen atoms in total. The van der Waals surface area contributed by atoms with Crippen LogP contribution in [-0.4, -0.2) is 26.7 Å². The molecular formula is C27H42N4O. The molecule has 6 rings (SSSR count). The van der Waals surface area contributed by atoms with Crippen LogP contribution in [0, 0.1) is 11.8 Å². The highest BCUT2D eigenvalue weighted by molar-refractivity contribution is 5.94. The first-order valence-electron chi connectivity index (χ1n) is 14.1. The van der Waals surface area contributed by atoms with Crippen LogP contribution in [0.3, 0.4) is 0 Å². The summed E-state index contributed by atoms with van der Waals surface area (Å²) in [6, 6.07) is 0.354. The molecule has 0 unspecified atom stereocenters. The van der Waals surface area contributed by atoms with Crippen molar-refractivity contribution in [3.63, 3.8) is 0 Å². The number of carbonyl (C=O) groups is 1. The number of hydrogen-bond donors (Lipinski definition) is 0. The lowest BCUT2D eigenvalue weighted by Crippen LogP contribution is -2.62. The Hall–Kier alpha value is -1.39. The Morgan fingerprint density at radius 3 is 2.12 bits per heavy atom. The van der Waals surface area contributed by atoms with Crippen molar-refractivity contribution in [1.29, 1.82) is 0 Å². The SMILES string of the molecule is O=C(C1CCCCC1)N1c2nc(C3CCCCC3)nn2C2(CCCCC2)[C@@H]2CCCC[C@@H]21. The monoisotopic (exact) mass is 438 g/mol. The number of anilines is 1. The van der Waals surface area contributed by atoms with Crippen LogP contribution in [0.1, 0.15) is 134 Å². The quantitative estimate of drug-likeness (QED) is 0.531. The van der Waals surface area contributed by atoms with Gasteiger partial charge in [-0.15, -0.1) is 0 Å². The van der Waals surface area contributed by atoms with E-state index in [0.717, 1.165) is 31.0 Å². The van der Waals surface area contributed by atoms with Gasteiger partial charge in [-0.2, -0.15) is 10.1 Å². The van der Waals surface area contributed by atoms with Gasteiger partial charge in [0.2, 0.25) is 11.9 Å². The van der Waals surface area contributed by atoms with E-state index in [2.05, 4.69) is 9.58 Å². The molecular weight excluding hydrogens is 396 g/mol. The summed E-state index contributed by atoms with van der Waals surface area (Å²) in [6.07, 6.45) is 23.7. The minimum Gasteiger partial charge on any atom is -0.277 e. The zero-order chi connectivity index (χ0) is 21.5. The maximum atomic E-state index is 14.1. The molecule has 4 fully saturated rings. The van der Waals surface area contributed by atoms with E-state index in [9.17, 15) is 4.79 Å². The summed E-state index contributed by atoms with van der Waals surface area (Å²) in [6.45, 7) is 0. The lowest BCUT2D eigenvalue weighted by Gasteiger charge is -2.55. The third kappa shape index (κ3) is 3.44. The van der Waals surface area contributed by atoms with Crippen molar-refractivity contribution in [2.24, 2.45) is 11.8 Å². The summed E-state index contributed by atoms with van der Waals surface area (Å²) in [5.74, 6) is 3.66. The normalized spacial score (nSPS) is 31.3. The molecule has 4 aliphatic carbocycles. The Morgan fingerprint density at radius 1 is 0.750 bits per heavy atom. The maximum Gasteiger partial charge on any atom is 0.232 e. The van der Waals surface area contributed by atoms with Crippen molar-refractivity contribution < 1.29 is 4.79 Å². The molecule has 0 radical (unpaired) electrons. The van der Waals surface area contributed by atoms with Crippen LogP contribution in [0.5, 0.6) is 0 Å². The van der Waals surface area contributed by atoms with E-state index < -0.39 is 0 Å². The van der Waals surface area contributed by atoms with E-state index in [-0.39, 0.29) is 11.5 Å². The number of aromatic nitrogens is 3. The first-order valence-corrected chi connectivity index (χ1v) is 14.1. The Kier molecular flexibility index (Phi) is 5.79. The Labute approximate surface area is 193 Å². The molecule has 5 aliphatic rings. The third-order valence-electron chi connectivity index (χ3n) is 9.88. The minimum atomic E-state index is 0.113. The molecule has 1 aromatic heterocycles. The van der Waals surface area contributed by atoms with Gasteiger partial charge in [0.15, 0.2) is 5.82 Å². The largest absolute Gasteiger partial charge is 0.277 e. The second-order valence-corrected chi connectivity index (χ2v) is 11.7. The Morgan fingerprint density at radius 2 is 1.38 bits per heavy atom. The standard InChI is InChI=1S/C27H42N4O/c32-25(21-14-6-2-7-15-21)30-23-17-9-8-16-22(23)27(18-10-3-11-19-27)31-26(30)28-24(29-31)20-12-4-1-5-13-20/h20-23H,1-19H2/t22-,23+/m1/s1. The molecule has 1 aliphatic heterocycles. The van der Waals surface area contributed by atoms with Crippen molar-refractivity contribution >= 4 is 11.9 Å². The summed E-state index contributed by atoms with van der Waals surface area (Å²) in [5.41, 5.74) is 0.113. The number of hydrogen-bond acceptors (Lipinski definition) is 3. The fourth-order valence-corrected chi connectivity index (χ4v) is 8.22. The van der Waals surface area contributed by atoms with Crippen LogP contribution < -0.4 is 4.90 Å². The van der Waals surface area contributed by atoms with Gasteiger partial charge in [0.1, 0.15) is 0 Å². The number of carbonyl (C=O) groups excluding carboxylic acids is 1. The van der Waals surface area contributed by atoms with Crippen LogP contribution in [0.4, 0.5) is 5.95 Å². The molecule has 0 N–H and O–H groups in total. The van der Waals surface area contributed by atoms with E-state index in [1.165, 1.54) is 103 Å². The van der Waals surface area contributed by atoms with E-state index >= 15 is 0 Å². The molecule has 4 saturated carbocycles. The number of fused-ring (bicyclic) bond motifs is 4. The molecule has 0 bridgehead atoms. The minimum absolute atomic E-state index is 0.113. The topological polar surface area (TPSA) is 51.0 Å². The van der Waals surface area contributed by atoms with E-state index in [1.54, 1.807) is 0 Å². The van der Waals surface area contributed by atoms with Gasteiger partial charge in [-0.25, -0.2) is 4.68 Å². The average molecular weight is 439 g/mol. The molecule has 0 saturated heterocycles. The van der Waals surface area contributed by atoms with Crippen molar-refractivity contribution in [3.05, 3.63) is 5.82 Å². The van der Waals surface area contributed by atoms with Crippen LogP contribution >= 0.6 is 0 Å². The molecule has 2 atom stereocenters. The summed E-state index contributed by atoms with van der Waals surface area (Å²) >= 11 is 0. The molecule has 1 aromatic rings. The third-order valence-corrected chi connectivity index (χ3v) is 9.88. The maximum absolute atomic E-state index is 14.1. The first-order chi connectivity index (χ1) is 15.8. The van der Waals surface area contributed by atoms with Gasteiger partial charge in [0.05, 0.1) is 5.54 Å².